The van der Waals surface area contributed by atoms with Gasteiger partial charge in [-0.1, -0.05) is 0 Å². The number of carbonyl (C=O) groups excluding carboxylic acids is 1. The van der Waals surface area contributed by atoms with Gasteiger partial charge >= 0.3 is 0 Å². The van der Waals surface area contributed by atoms with E-state index in [1.165, 1.54) is 7.11 Å². The van der Waals surface area contributed by atoms with Gasteiger partial charge in [-0.3, -0.25) is 4.79 Å². The molecule has 0 saturated carbocycles. The van der Waals surface area contributed by atoms with Gasteiger partial charge in [0.25, 0.3) is 0 Å². The predicted molar refractivity (Wildman–Crippen MR) is 52.7 cm³/mol. The molecule has 0 radical (unpaired) electrons. The lowest BCUT2D eigenvalue weighted by atomic mass is 10.2. The van der Waals surface area contributed by atoms with E-state index in [1.54, 1.807) is 12.4 Å². The molecule has 0 amide bonds. The van der Waals surface area contributed by atoms with Gasteiger partial charge in [-0.05, 0) is 12.1 Å². The highest BCUT2D eigenvalue weighted by atomic mass is 16.5. The van der Waals surface area contributed by atoms with Gasteiger partial charge in [-0.15, -0.1) is 0 Å². The molecule has 0 bridgehead atoms. The van der Waals surface area contributed by atoms with E-state index >= 15 is 0 Å². The SMILES string of the molecule is COc1c(C=O)ccc2c1ncn2C. The Labute approximate surface area is 81.1 Å². The molecular weight excluding hydrogens is 180 g/mol. The second-order valence-electron chi connectivity index (χ2n) is 3.03. The number of aryl methyl sites for hydroxylation is 1. The number of hydrogen-bond acceptors (Lipinski definition) is 3. The number of fused-ring (bicyclic) bond motifs is 1. The molecule has 1 heterocycles. The van der Waals surface area contributed by atoms with Crippen LogP contribution in [0.4, 0.5) is 0 Å². The van der Waals surface area contributed by atoms with Crippen molar-refractivity contribution >= 4 is 17.3 Å². The van der Waals surface area contributed by atoms with Gasteiger partial charge in [0.05, 0.1) is 24.5 Å². The molecule has 4 nitrogen and oxygen atoms in total. The third-order valence-corrected chi connectivity index (χ3v) is 2.21. The minimum absolute atomic E-state index is 0.527. The van der Waals surface area contributed by atoms with Crippen molar-refractivity contribution in [2.45, 2.75) is 0 Å². The number of ether oxygens (including phenoxy) is 1. The minimum Gasteiger partial charge on any atom is -0.494 e. The number of hydrogen-bond donors (Lipinski definition) is 0. The Kier molecular flexibility index (Phi) is 1.96. The average molecular weight is 190 g/mol. The molecule has 14 heavy (non-hydrogen) atoms. The molecule has 0 unspecified atom stereocenters. The standard InChI is InChI=1S/C10H10N2O2/c1-12-6-11-9-8(12)4-3-7(5-13)10(9)14-2/h3-6H,1-2H3. The van der Waals surface area contributed by atoms with Crippen LogP contribution in [-0.2, 0) is 7.05 Å². The number of imidazole rings is 1. The van der Waals surface area contributed by atoms with E-state index in [0.717, 1.165) is 17.3 Å². The van der Waals surface area contributed by atoms with Crippen molar-refractivity contribution in [2.24, 2.45) is 7.05 Å². The first-order valence-corrected chi connectivity index (χ1v) is 4.21. The molecule has 0 aliphatic heterocycles. The fraction of sp³-hybridized carbons (Fsp3) is 0.200. The zero-order valence-corrected chi connectivity index (χ0v) is 8.02. The van der Waals surface area contributed by atoms with E-state index in [9.17, 15) is 4.79 Å². The Morgan fingerprint density at radius 1 is 1.50 bits per heavy atom. The summed E-state index contributed by atoms with van der Waals surface area (Å²) in [5, 5.41) is 0. The van der Waals surface area contributed by atoms with Gasteiger partial charge in [0.15, 0.2) is 12.0 Å². The lowest BCUT2D eigenvalue weighted by Crippen LogP contribution is -1.92. The van der Waals surface area contributed by atoms with Crippen molar-refractivity contribution < 1.29 is 9.53 Å². The van der Waals surface area contributed by atoms with Crippen LogP contribution in [0, 0.1) is 0 Å². The minimum atomic E-state index is 0.527. The fourth-order valence-corrected chi connectivity index (χ4v) is 1.50. The van der Waals surface area contributed by atoms with Gasteiger partial charge in [0.1, 0.15) is 5.52 Å². The number of aldehydes is 1. The smallest absolute Gasteiger partial charge is 0.157 e. The normalized spacial score (nSPS) is 10.4. The van der Waals surface area contributed by atoms with Crippen LogP contribution in [0.15, 0.2) is 18.5 Å². The second kappa shape index (κ2) is 3.14. The Morgan fingerprint density at radius 2 is 2.29 bits per heavy atom. The van der Waals surface area contributed by atoms with Gasteiger partial charge < -0.3 is 9.30 Å². The Bertz CT molecular complexity index is 488. The molecule has 0 saturated heterocycles. The largest absolute Gasteiger partial charge is 0.494 e. The van der Waals surface area contributed by atoms with Gasteiger partial charge in [0, 0.05) is 7.05 Å². The molecule has 0 fully saturated rings. The van der Waals surface area contributed by atoms with E-state index in [1.807, 2.05) is 17.7 Å². The van der Waals surface area contributed by atoms with Crippen molar-refractivity contribution in [2.75, 3.05) is 7.11 Å². The van der Waals surface area contributed by atoms with Crippen LogP contribution in [0.3, 0.4) is 0 Å². The molecule has 0 aliphatic rings. The van der Waals surface area contributed by atoms with E-state index in [-0.39, 0.29) is 0 Å². The topological polar surface area (TPSA) is 44.1 Å². The van der Waals surface area contributed by atoms with Crippen LogP contribution in [0.25, 0.3) is 11.0 Å². The van der Waals surface area contributed by atoms with Crippen molar-refractivity contribution in [1.29, 1.82) is 0 Å². The highest BCUT2D eigenvalue weighted by molar-refractivity contribution is 5.92. The van der Waals surface area contributed by atoms with Crippen LogP contribution in [0.1, 0.15) is 10.4 Å². The van der Waals surface area contributed by atoms with E-state index in [2.05, 4.69) is 4.98 Å². The molecule has 4 heteroatoms. The number of rotatable bonds is 2. The monoisotopic (exact) mass is 190 g/mol. The van der Waals surface area contributed by atoms with E-state index in [0.29, 0.717) is 11.3 Å². The molecule has 0 aliphatic carbocycles. The molecule has 72 valence electrons. The van der Waals surface area contributed by atoms with E-state index < -0.39 is 0 Å². The third kappa shape index (κ3) is 1.08. The van der Waals surface area contributed by atoms with Crippen molar-refractivity contribution in [3.8, 4) is 5.75 Å². The van der Waals surface area contributed by atoms with Crippen molar-refractivity contribution in [3.05, 3.63) is 24.0 Å². The van der Waals surface area contributed by atoms with Crippen molar-refractivity contribution in [3.63, 3.8) is 0 Å². The first-order valence-electron chi connectivity index (χ1n) is 4.21. The molecule has 2 aromatic rings. The maximum atomic E-state index is 10.7. The Balaban J connectivity index is 2.84. The summed E-state index contributed by atoms with van der Waals surface area (Å²) in [5.74, 6) is 0.540. The summed E-state index contributed by atoms with van der Waals surface area (Å²) in [6, 6.07) is 3.59. The molecular formula is C10H10N2O2. The maximum absolute atomic E-state index is 10.7. The summed E-state index contributed by atoms with van der Waals surface area (Å²) in [7, 11) is 3.44. The summed E-state index contributed by atoms with van der Waals surface area (Å²) in [5.41, 5.74) is 2.20. The van der Waals surface area contributed by atoms with Crippen molar-refractivity contribution in [1.82, 2.24) is 9.55 Å². The summed E-state index contributed by atoms with van der Waals surface area (Å²) >= 11 is 0. The summed E-state index contributed by atoms with van der Waals surface area (Å²) < 4.78 is 7.04. The average Bonchev–Trinajstić information content (AvgIpc) is 2.59. The number of methoxy groups -OCH3 is 1. The third-order valence-electron chi connectivity index (χ3n) is 2.21. The molecule has 0 N–H and O–H groups in total. The van der Waals surface area contributed by atoms with E-state index in [4.69, 9.17) is 4.74 Å². The molecule has 1 aromatic heterocycles. The number of aromatic nitrogens is 2. The fourth-order valence-electron chi connectivity index (χ4n) is 1.50. The van der Waals surface area contributed by atoms with Crippen LogP contribution < -0.4 is 4.74 Å². The van der Waals surface area contributed by atoms with Crippen LogP contribution in [-0.4, -0.2) is 22.9 Å². The quantitative estimate of drug-likeness (QED) is 0.672. The Morgan fingerprint density at radius 3 is 2.93 bits per heavy atom. The lowest BCUT2D eigenvalue weighted by molar-refractivity contribution is 0.112. The summed E-state index contributed by atoms with van der Waals surface area (Å²) in [4.78, 5) is 14.9. The second-order valence-corrected chi connectivity index (χ2v) is 3.03. The summed E-state index contributed by atoms with van der Waals surface area (Å²) in [6.45, 7) is 0. The highest BCUT2D eigenvalue weighted by Crippen LogP contribution is 2.26. The highest BCUT2D eigenvalue weighted by Gasteiger charge is 2.10. The Hall–Kier alpha value is -1.84. The predicted octanol–water partition coefficient (Wildman–Crippen LogP) is 1.39. The zero-order chi connectivity index (χ0) is 10.1. The number of benzene rings is 1. The van der Waals surface area contributed by atoms with Gasteiger partial charge in [0.2, 0.25) is 0 Å². The number of nitrogens with zero attached hydrogens (tertiary/aromatic N) is 2. The first-order chi connectivity index (χ1) is 6.77. The molecule has 0 spiro atoms. The molecule has 2 rings (SSSR count). The molecule has 1 aromatic carbocycles. The summed E-state index contributed by atoms with van der Waals surface area (Å²) in [6.07, 6.45) is 2.47. The lowest BCUT2D eigenvalue weighted by Gasteiger charge is -2.03. The van der Waals surface area contributed by atoms with Gasteiger partial charge in [-0.25, -0.2) is 4.98 Å². The first kappa shape index (κ1) is 8.74. The molecule has 0 atom stereocenters. The van der Waals surface area contributed by atoms with Crippen LogP contribution >= 0.6 is 0 Å². The zero-order valence-electron chi connectivity index (χ0n) is 8.02. The number of carbonyl (C=O) groups is 1. The van der Waals surface area contributed by atoms with Crippen LogP contribution in [0.5, 0.6) is 5.75 Å². The van der Waals surface area contributed by atoms with Crippen LogP contribution in [0.2, 0.25) is 0 Å². The van der Waals surface area contributed by atoms with Gasteiger partial charge in [-0.2, -0.15) is 0 Å². The maximum Gasteiger partial charge on any atom is 0.157 e.